The van der Waals surface area contributed by atoms with Crippen molar-refractivity contribution in [3.8, 4) is 0 Å². The number of alkyl halides is 1. The van der Waals surface area contributed by atoms with E-state index < -0.39 is 5.00 Å². The Morgan fingerprint density at radius 1 is 1.08 bits per heavy atom. The van der Waals surface area contributed by atoms with Gasteiger partial charge in [-0.1, -0.05) is 19.3 Å². The van der Waals surface area contributed by atoms with Crippen molar-refractivity contribution in [2.75, 3.05) is 0 Å². The molecule has 1 aliphatic carbocycles. The Kier molecular flexibility index (Phi) is 3.32. The minimum absolute atomic E-state index is 0.320. The van der Waals surface area contributed by atoms with Crippen molar-refractivity contribution < 1.29 is 4.92 Å². The number of hydrogen-bond acceptors (Lipinski definition) is 2. The quantitative estimate of drug-likeness (QED) is 0.277. The second kappa shape index (κ2) is 4.08. The van der Waals surface area contributed by atoms with Gasteiger partial charge in [0, 0.05) is 17.8 Å². The highest BCUT2D eigenvalue weighted by molar-refractivity contribution is 6.22. The average molecular weight is 192 g/mol. The molecule has 0 radical (unpaired) electrons. The van der Waals surface area contributed by atoms with Gasteiger partial charge in [0.05, 0.1) is 0 Å². The van der Waals surface area contributed by atoms with Gasteiger partial charge in [0.1, 0.15) is 0 Å². The SMILES string of the molecule is O=[N+]([O-])C1(Cl)CCCCCCC1. The summed E-state index contributed by atoms with van der Waals surface area (Å²) in [6.45, 7) is 0. The van der Waals surface area contributed by atoms with Crippen molar-refractivity contribution in [3.63, 3.8) is 0 Å². The van der Waals surface area contributed by atoms with E-state index >= 15 is 0 Å². The molecule has 0 aromatic heterocycles. The van der Waals surface area contributed by atoms with Crippen LogP contribution in [0.1, 0.15) is 44.9 Å². The van der Waals surface area contributed by atoms with E-state index in [1.807, 2.05) is 0 Å². The zero-order valence-corrected chi connectivity index (χ0v) is 7.85. The van der Waals surface area contributed by atoms with E-state index in [9.17, 15) is 10.1 Å². The Morgan fingerprint density at radius 3 is 1.92 bits per heavy atom. The molecule has 70 valence electrons. The Balaban J connectivity index is 2.54. The Hall–Kier alpha value is -0.310. The predicted octanol–water partition coefficient (Wildman–Crippen LogP) is 2.94. The molecule has 3 nitrogen and oxygen atoms in total. The number of nitro groups is 1. The van der Waals surface area contributed by atoms with E-state index in [4.69, 9.17) is 11.6 Å². The first-order valence-electron chi connectivity index (χ1n) is 4.48. The van der Waals surface area contributed by atoms with Gasteiger partial charge in [0.15, 0.2) is 0 Å². The molecule has 0 heterocycles. The lowest BCUT2D eigenvalue weighted by Gasteiger charge is -2.20. The molecule has 0 N–H and O–H groups in total. The topological polar surface area (TPSA) is 43.1 Å². The Morgan fingerprint density at radius 2 is 1.50 bits per heavy atom. The average Bonchev–Trinajstić information content (AvgIpc) is 1.97. The van der Waals surface area contributed by atoms with Crippen LogP contribution in [0, 0.1) is 10.1 Å². The van der Waals surface area contributed by atoms with Crippen molar-refractivity contribution in [2.45, 2.75) is 49.9 Å². The van der Waals surface area contributed by atoms with Crippen LogP contribution in [0.3, 0.4) is 0 Å². The molecule has 1 fully saturated rings. The third-order valence-corrected chi connectivity index (χ3v) is 2.96. The van der Waals surface area contributed by atoms with E-state index in [1.54, 1.807) is 0 Å². The van der Waals surface area contributed by atoms with Crippen molar-refractivity contribution >= 4 is 11.6 Å². The summed E-state index contributed by atoms with van der Waals surface area (Å²) in [6, 6.07) is 0. The lowest BCUT2D eigenvalue weighted by molar-refractivity contribution is -0.544. The Bertz CT molecular complexity index is 164. The molecule has 0 aromatic carbocycles. The Labute approximate surface area is 77.2 Å². The maximum Gasteiger partial charge on any atom is 0.294 e. The van der Waals surface area contributed by atoms with Crippen molar-refractivity contribution in [3.05, 3.63) is 10.1 Å². The summed E-state index contributed by atoms with van der Waals surface area (Å²) in [6.07, 6.45) is 6.22. The highest BCUT2D eigenvalue weighted by atomic mass is 35.5. The fraction of sp³-hybridized carbons (Fsp3) is 1.00. The minimum Gasteiger partial charge on any atom is -0.263 e. The van der Waals surface area contributed by atoms with Gasteiger partial charge in [0.25, 0.3) is 5.00 Å². The van der Waals surface area contributed by atoms with Gasteiger partial charge in [-0.3, -0.25) is 10.1 Å². The molecule has 0 aliphatic heterocycles. The zero-order valence-electron chi connectivity index (χ0n) is 7.09. The minimum atomic E-state index is -1.15. The lowest BCUT2D eigenvalue weighted by Crippen LogP contribution is -2.32. The van der Waals surface area contributed by atoms with Crippen LogP contribution in [-0.2, 0) is 0 Å². The summed E-state index contributed by atoms with van der Waals surface area (Å²) < 4.78 is 0. The molecule has 1 aliphatic rings. The summed E-state index contributed by atoms with van der Waals surface area (Å²) in [4.78, 5) is 9.14. The molecule has 0 unspecified atom stereocenters. The molecule has 0 spiro atoms. The molecular formula is C8H14ClNO2. The standard InChI is InChI=1S/C8H14ClNO2/c9-8(10(11)12)6-4-2-1-3-5-7-8/h1-7H2. The maximum absolute atomic E-state index is 10.6. The number of hydrogen-bond donors (Lipinski definition) is 0. The second-order valence-electron chi connectivity index (χ2n) is 3.44. The van der Waals surface area contributed by atoms with Crippen LogP contribution >= 0.6 is 11.6 Å². The summed E-state index contributed by atoms with van der Waals surface area (Å²) in [5.41, 5.74) is 0. The molecule has 0 aromatic rings. The molecule has 1 rings (SSSR count). The summed E-state index contributed by atoms with van der Waals surface area (Å²) in [5.74, 6) is 0. The van der Waals surface area contributed by atoms with Gasteiger partial charge in [-0.25, -0.2) is 0 Å². The molecule has 1 saturated carbocycles. The zero-order chi connectivity index (χ0) is 9.03. The molecule has 0 amide bonds. The van der Waals surface area contributed by atoms with Gasteiger partial charge in [0.2, 0.25) is 0 Å². The fourth-order valence-corrected chi connectivity index (χ4v) is 1.90. The summed E-state index contributed by atoms with van der Waals surface area (Å²) >= 11 is 5.89. The predicted molar refractivity (Wildman–Crippen MR) is 47.9 cm³/mol. The van der Waals surface area contributed by atoms with Crippen LogP contribution in [0.5, 0.6) is 0 Å². The highest BCUT2D eigenvalue weighted by Gasteiger charge is 2.39. The van der Waals surface area contributed by atoms with Crippen LogP contribution in [0.2, 0.25) is 0 Å². The van der Waals surface area contributed by atoms with Crippen molar-refractivity contribution in [1.82, 2.24) is 0 Å². The molecule has 0 saturated heterocycles. The smallest absolute Gasteiger partial charge is 0.263 e. The highest BCUT2D eigenvalue weighted by Crippen LogP contribution is 2.32. The van der Waals surface area contributed by atoms with Gasteiger partial charge in [-0.05, 0) is 24.4 Å². The van der Waals surface area contributed by atoms with Gasteiger partial charge >= 0.3 is 0 Å². The molecule has 0 bridgehead atoms. The van der Waals surface area contributed by atoms with Gasteiger partial charge in [-0.2, -0.15) is 0 Å². The molecule has 0 atom stereocenters. The largest absolute Gasteiger partial charge is 0.294 e. The first-order chi connectivity index (χ1) is 5.65. The van der Waals surface area contributed by atoms with Crippen LogP contribution in [0.15, 0.2) is 0 Å². The van der Waals surface area contributed by atoms with E-state index in [2.05, 4.69) is 0 Å². The number of halogens is 1. The van der Waals surface area contributed by atoms with E-state index in [-0.39, 0.29) is 4.92 Å². The van der Waals surface area contributed by atoms with E-state index in [0.717, 1.165) is 25.7 Å². The normalized spacial score (nSPS) is 24.1. The third kappa shape index (κ3) is 2.34. The van der Waals surface area contributed by atoms with Gasteiger partial charge in [-0.15, -0.1) is 0 Å². The summed E-state index contributed by atoms with van der Waals surface area (Å²) in [7, 11) is 0. The lowest BCUT2D eigenvalue weighted by atomic mass is 9.97. The molecule has 4 heteroatoms. The monoisotopic (exact) mass is 191 g/mol. The van der Waals surface area contributed by atoms with Crippen molar-refractivity contribution in [2.24, 2.45) is 0 Å². The van der Waals surface area contributed by atoms with E-state index in [0.29, 0.717) is 12.8 Å². The van der Waals surface area contributed by atoms with Gasteiger partial charge < -0.3 is 0 Å². The second-order valence-corrected chi connectivity index (χ2v) is 4.15. The number of rotatable bonds is 1. The first kappa shape index (κ1) is 9.78. The van der Waals surface area contributed by atoms with Crippen LogP contribution < -0.4 is 0 Å². The van der Waals surface area contributed by atoms with Crippen LogP contribution in [0.4, 0.5) is 0 Å². The maximum atomic E-state index is 10.6. The van der Waals surface area contributed by atoms with E-state index in [1.165, 1.54) is 6.42 Å². The third-order valence-electron chi connectivity index (χ3n) is 2.45. The first-order valence-corrected chi connectivity index (χ1v) is 4.86. The molecule has 12 heavy (non-hydrogen) atoms. The summed E-state index contributed by atoms with van der Waals surface area (Å²) in [5, 5.41) is 10.6. The molecular weight excluding hydrogens is 178 g/mol. The van der Waals surface area contributed by atoms with Crippen LogP contribution in [0.25, 0.3) is 0 Å². The van der Waals surface area contributed by atoms with Crippen molar-refractivity contribution in [1.29, 1.82) is 0 Å². The van der Waals surface area contributed by atoms with Crippen LogP contribution in [-0.4, -0.2) is 9.92 Å². The fourth-order valence-electron chi connectivity index (χ4n) is 1.63. The number of nitrogens with zero attached hydrogens (tertiary/aromatic N) is 1.